The second kappa shape index (κ2) is 7.88. The molecule has 2 heterocycles. The van der Waals surface area contributed by atoms with Gasteiger partial charge in [-0.25, -0.2) is 9.18 Å². The fourth-order valence-corrected chi connectivity index (χ4v) is 3.10. The van der Waals surface area contributed by atoms with E-state index in [1.54, 1.807) is 12.1 Å². The van der Waals surface area contributed by atoms with Crippen LogP contribution in [0, 0.1) is 5.82 Å². The van der Waals surface area contributed by atoms with Crippen molar-refractivity contribution in [2.45, 2.75) is 19.1 Å². The number of cyclic esters (lactones) is 1. The molecule has 2 atom stereocenters. The highest BCUT2D eigenvalue weighted by Crippen LogP contribution is 2.28. The van der Waals surface area contributed by atoms with Crippen LogP contribution in [0.3, 0.4) is 0 Å². The molecule has 3 rings (SSSR count). The first-order valence-corrected chi connectivity index (χ1v) is 8.56. The average Bonchev–Trinajstić information content (AvgIpc) is 3.00. The zero-order valence-corrected chi connectivity index (χ0v) is 14.6. The number of rotatable bonds is 5. The predicted octanol–water partition coefficient (Wildman–Crippen LogP) is 0.451. The van der Waals surface area contributed by atoms with Gasteiger partial charge in [0.1, 0.15) is 11.9 Å². The zero-order chi connectivity index (χ0) is 18.7. The van der Waals surface area contributed by atoms with E-state index in [0.717, 1.165) is 0 Å². The molecule has 2 aliphatic rings. The van der Waals surface area contributed by atoms with Crippen molar-refractivity contribution in [3.05, 3.63) is 24.0 Å². The van der Waals surface area contributed by atoms with Gasteiger partial charge in [-0.1, -0.05) is 0 Å². The van der Waals surface area contributed by atoms with E-state index >= 15 is 0 Å². The van der Waals surface area contributed by atoms with Crippen LogP contribution in [-0.4, -0.2) is 63.5 Å². The van der Waals surface area contributed by atoms with Gasteiger partial charge in [-0.05, 0) is 18.2 Å². The molecule has 0 bridgehead atoms. The summed E-state index contributed by atoms with van der Waals surface area (Å²) in [6.07, 6.45) is -1.13. The monoisotopic (exact) mass is 366 g/mol. The highest BCUT2D eigenvalue weighted by Gasteiger charge is 2.33. The smallest absolute Gasteiger partial charge is 0.414 e. The Morgan fingerprint density at radius 1 is 1.38 bits per heavy atom. The summed E-state index contributed by atoms with van der Waals surface area (Å²) in [4.78, 5) is 26.3. The number of ether oxygens (including phenoxy) is 2. The van der Waals surface area contributed by atoms with E-state index in [-0.39, 0.29) is 25.1 Å². The molecule has 2 amide bonds. The highest BCUT2D eigenvalue weighted by molar-refractivity contribution is 5.90. The van der Waals surface area contributed by atoms with Crippen molar-refractivity contribution in [3.8, 4) is 0 Å². The van der Waals surface area contributed by atoms with Crippen molar-refractivity contribution in [1.82, 2.24) is 5.32 Å². The van der Waals surface area contributed by atoms with Crippen molar-refractivity contribution >= 4 is 23.4 Å². The van der Waals surface area contributed by atoms with E-state index in [2.05, 4.69) is 5.32 Å². The van der Waals surface area contributed by atoms with Crippen LogP contribution < -0.4 is 20.9 Å². The van der Waals surface area contributed by atoms with E-state index in [1.165, 1.54) is 17.9 Å². The minimum Gasteiger partial charge on any atom is -0.442 e. The Morgan fingerprint density at radius 3 is 2.88 bits per heavy atom. The third kappa shape index (κ3) is 4.05. The molecule has 0 spiro atoms. The van der Waals surface area contributed by atoms with Gasteiger partial charge < -0.3 is 25.4 Å². The summed E-state index contributed by atoms with van der Waals surface area (Å²) in [6.45, 7) is 3.85. The number of hydrogen-bond acceptors (Lipinski definition) is 6. The molecular weight excluding hydrogens is 343 g/mol. The van der Waals surface area contributed by atoms with Gasteiger partial charge in [0.25, 0.3) is 0 Å². The first-order chi connectivity index (χ1) is 12.5. The summed E-state index contributed by atoms with van der Waals surface area (Å²) in [5.74, 6) is -0.616. The van der Waals surface area contributed by atoms with Gasteiger partial charge in [0.05, 0.1) is 37.2 Å². The first-order valence-electron chi connectivity index (χ1n) is 8.56. The van der Waals surface area contributed by atoms with Gasteiger partial charge in [0, 0.05) is 26.6 Å². The normalized spacial score (nSPS) is 23.1. The summed E-state index contributed by atoms with van der Waals surface area (Å²) in [7, 11) is 0. The Kier molecular flexibility index (Phi) is 5.58. The van der Waals surface area contributed by atoms with Crippen LogP contribution in [0.1, 0.15) is 6.92 Å². The maximum Gasteiger partial charge on any atom is 0.414 e. The maximum atomic E-state index is 14.6. The van der Waals surface area contributed by atoms with E-state index in [0.29, 0.717) is 37.6 Å². The van der Waals surface area contributed by atoms with Gasteiger partial charge in [-0.2, -0.15) is 0 Å². The van der Waals surface area contributed by atoms with Crippen molar-refractivity contribution < 1.29 is 23.5 Å². The number of morpholine rings is 1. The van der Waals surface area contributed by atoms with Crippen LogP contribution in [0.4, 0.5) is 20.6 Å². The molecule has 8 nitrogen and oxygen atoms in total. The topological polar surface area (TPSA) is 97.1 Å². The summed E-state index contributed by atoms with van der Waals surface area (Å²) in [6, 6.07) is 4.66. The lowest BCUT2D eigenvalue weighted by atomic mass is 10.2. The summed E-state index contributed by atoms with van der Waals surface area (Å²) in [5.41, 5.74) is 6.51. The molecule has 1 aromatic carbocycles. The summed E-state index contributed by atoms with van der Waals surface area (Å²) < 4.78 is 25.4. The lowest BCUT2D eigenvalue weighted by molar-refractivity contribution is -0.119. The lowest BCUT2D eigenvalue weighted by Gasteiger charge is -2.34. The van der Waals surface area contributed by atoms with Gasteiger partial charge in [0.2, 0.25) is 5.91 Å². The molecule has 1 aromatic rings. The number of nitrogens with two attached hydrogens (primary N) is 1. The molecular formula is C17H23FN4O4. The summed E-state index contributed by atoms with van der Waals surface area (Å²) >= 11 is 0. The van der Waals surface area contributed by atoms with Crippen LogP contribution in [-0.2, 0) is 14.3 Å². The lowest BCUT2D eigenvalue weighted by Crippen LogP contribution is -2.46. The number of anilines is 2. The Bertz CT molecular complexity index is 687. The largest absolute Gasteiger partial charge is 0.442 e. The molecule has 0 aromatic heterocycles. The van der Waals surface area contributed by atoms with Gasteiger partial charge in [0.15, 0.2) is 0 Å². The molecule has 142 valence electrons. The number of carbonyl (C=O) groups excluding carboxylic acids is 2. The van der Waals surface area contributed by atoms with Crippen LogP contribution in [0.5, 0.6) is 0 Å². The molecule has 2 aliphatic heterocycles. The summed E-state index contributed by atoms with van der Waals surface area (Å²) in [5, 5.41) is 2.61. The molecule has 2 fully saturated rings. The minimum absolute atomic E-state index is 0.120. The second-order valence-electron chi connectivity index (χ2n) is 6.36. The number of benzene rings is 1. The van der Waals surface area contributed by atoms with E-state index in [1.807, 2.05) is 4.90 Å². The Hall–Kier alpha value is -2.39. The van der Waals surface area contributed by atoms with Crippen molar-refractivity contribution in [3.63, 3.8) is 0 Å². The molecule has 0 aliphatic carbocycles. The Labute approximate surface area is 151 Å². The van der Waals surface area contributed by atoms with E-state index in [9.17, 15) is 14.0 Å². The molecule has 26 heavy (non-hydrogen) atoms. The number of amides is 2. The van der Waals surface area contributed by atoms with Crippen LogP contribution >= 0.6 is 0 Å². The minimum atomic E-state index is -0.554. The Morgan fingerprint density at radius 2 is 2.19 bits per heavy atom. The number of nitrogens with zero attached hydrogens (tertiary/aromatic N) is 2. The fraction of sp³-hybridized carbons (Fsp3) is 0.529. The second-order valence-corrected chi connectivity index (χ2v) is 6.36. The number of halogens is 1. The molecule has 3 N–H and O–H groups in total. The van der Waals surface area contributed by atoms with E-state index in [4.69, 9.17) is 15.2 Å². The van der Waals surface area contributed by atoms with Crippen molar-refractivity contribution in [1.29, 1.82) is 0 Å². The molecule has 9 heteroatoms. The molecule has 0 saturated carbocycles. The van der Waals surface area contributed by atoms with Crippen molar-refractivity contribution in [2.75, 3.05) is 49.1 Å². The van der Waals surface area contributed by atoms with Gasteiger partial charge in [-0.3, -0.25) is 9.69 Å². The molecule has 1 unspecified atom stereocenters. The van der Waals surface area contributed by atoms with E-state index < -0.39 is 18.0 Å². The standard InChI is InChI=1S/C17H23FN4O4/c1-11(23)20-8-14-10-22(17(24)26-14)12-2-3-16(15(18)6-12)21-4-5-25-13(7-19)9-21/h2-3,6,13-14H,4-5,7-10,19H2,1H3,(H,20,23)/t13?,14-/m0/s1. The SMILES string of the molecule is CC(=O)NC[C@H]1CN(c2ccc(N3CCOC(CN)C3)c(F)c2)C(=O)O1. The quantitative estimate of drug-likeness (QED) is 0.785. The van der Waals surface area contributed by atoms with Crippen LogP contribution in [0.25, 0.3) is 0 Å². The Balaban J connectivity index is 1.69. The first kappa shape index (κ1) is 18.4. The van der Waals surface area contributed by atoms with Crippen molar-refractivity contribution in [2.24, 2.45) is 5.73 Å². The van der Waals surface area contributed by atoms with Gasteiger partial charge >= 0.3 is 6.09 Å². The molecule has 0 radical (unpaired) electrons. The number of hydrogen-bond donors (Lipinski definition) is 2. The van der Waals surface area contributed by atoms with Gasteiger partial charge in [-0.15, -0.1) is 0 Å². The molecule has 2 saturated heterocycles. The zero-order valence-electron chi connectivity index (χ0n) is 14.6. The van der Waals surface area contributed by atoms with Crippen LogP contribution in [0.2, 0.25) is 0 Å². The fourth-order valence-electron chi connectivity index (χ4n) is 3.10. The highest BCUT2D eigenvalue weighted by atomic mass is 19.1. The number of nitrogens with one attached hydrogen (secondary N) is 1. The van der Waals surface area contributed by atoms with Crippen LogP contribution in [0.15, 0.2) is 18.2 Å². The third-order valence-electron chi connectivity index (χ3n) is 4.44. The maximum absolute atomic E-state index is 14.6. The number of carbonyl (C=O) groups is 2. The third-order valence-corrected chi connectivity index (χ3v) is 4.44. The predicted molar refractivity (Wildman–Crippen MR) is 93.7 cm³/mol. The average molecular weight is 366 g/mol.